The van der Waals surface area contributed by atoms with Gasteiger partial charge in [0, 0.05) is 9.92 Å². The van der Waals surface area contributed by atoms with E-state index in [0.29, 0.717) is 0 Å². The van der Waals surface area contributed by atoms with Crippen LogP contribution >= 0.6 is 46.0 Å². The minimum absolute atomic E-state index is 0.816. The van der Waals surface area contributed by atoms with Crippen molar-refractivity contribution in [3.8, 4) is 0 Å². The van der Waals surface area contributed by atoms with Crippen LogP contribution < -0.4 is 0 Å². The van der Waals surface area contributed by atoms with Crippen molar-refractivity contribution >= 4 is 46.0 Å². The standard InChI is InChI=1S/C10H12ClIS/c11-9-3-5-10(6-4-9)13-8-2-1-7-12/h3-6H,1-2,7-8H2. The van der Waals surface area contributed by atoms with E-state index >= 15 is 0 Å². The van der Waals surface area contributed by atoms with E-state index in [1.54, 1.807) is 0 Å². The van der Waals surface area contributed by atoms with Crippen LogP contribution in [0.2, 0.25) is 5.02 Å². The maximum absolute atomic E-state index is 5.79. The van der Waals surface area contributed by atoms with Gasteiger partial charge in [0.05, 0.1) is 0 Å². The first kappa shape index (κ1) is 11.7. The molecule has 0 atom stereocenters. The van der Waals surface area contributed by atoms with E-state index in [1.165, 1.54) is 27.9 Å². The summed E-state index contributed by atoms with van der Waals surface area (Å²) in [6, 6.07) is 8.05. The second kappa shape index (κ2) is 6.96. The number of benzene rings is 1. The number of hydrogen-bond acceptors (Lipinski definition) is 1. The summed E-state index contributed by atoms with van der Waals surface area (Å²) in [4.78, 5) is 1.32. The van der Waals surface area contributed by atoms with Crippen molar-refractivity contribution in [2.75, 3.05) is 10.2 Å². The summed E-state index contributed by atoms with van der Waals surface area (Å²) in [5.41, 5.74) is 0. The second-order valence-corrected chi connectivity index (χ2v) is 5.38. The molecule has 1 rings (SSSR count). The lowest BCUT2D eigenvalue weighted by Crippen LogP contribution is -1.81. The molecule has 0 aliphatic heterocycles. The maximum atomic E-state index is 5.79. The van der Waals surface area contributed by atoms with Crippen LogP contribution in [-0.2, 0) is 0 Å². The Morgan fingerprint density at radius 3 is 2.46 bits per heavy atom. The first-order valence-electron chi connectivity index (χ1n) is 4.27. The van der Waals surface area contributed by atoms with E-state index < -0.39 is 0 Å². The normalized spacial score (nSPS) is 10.3. The van der Waals surface area contributed by atoms with Crippen LogP contribution in [-0.4, -0.2) is 10.2 Å². The zero-order valence-corrected chi connectivity index (χ0v) is 11.0. The van der Waals surface area contributed by atoms with Crippen molar-refractivity contribution in [2.45, 2.75) is 17.7 Å². The highest BCUT2D eigenvalue weighted by Crippen LogP contribution is 2.21. The summed E-state index contributed by atoms with van der Waals surface area (Å²) < 4.78 is 1.26. The Hall–Kier alpha value is 0.590. The van der Waals surface area contributed by atoms with Gasteiger partial charge in [0.2, 0.25) is 0 Å². The zero-order valence-electron chi connectivity index (χ0n) is 7.30. The Labute approximate surface area is 103 Å². The molecule has 0 heterocycles. The van der Waals surface area contributed by atoms with E-state index in [1.807, 2.05) is 23.9 Å². The fourth-order valence-electron chi connectivity index (χ4n) is 0.917. The predicted octanol–water partition coefficient (Wildman–Crippen LogP) is 4.65. The number of rotatable bonds is 5. The monoisotopic (exact) mass is 326 g/mol. The van der Waals surface area contributed by atoms with Gasteiger partial charge in [0.1, 0.15) is 0 Å². The number of alkyl halides is 1. The van der Waals surface area contributed by atoms with E-state index in [9.17, 15) is 0 Å². The quantitative estimate of drug-likeness (QED) is 0.328. The van der Waals surface area contributed by atoms with E-state index in [-0.39, 0.29) is 0 Å². The SMILES string of the molecule is Clc1ccc(SCCCCI)cc1. The summed E-state index contributed by atoms with van der Waals surface area (Å²) >= 11 is 10.1. The number of thioether (sulfide) groups is 1. The van der Waals surface area contributed by atoms with E-state index in [0.717, 1.165) is 5.02 Å². The van der Waals surface area contributed by atoms with Gasteiger partial charge < -0.3 is 0 Å². The summed E-state index contributed by atoms with van der Waals surface area (Å²) in [5.74, 6) is 1.21. The van der Waals surface area contributed by atoms with Crippen molar-refractivity contribution < 1.29 is 0 Å². The smallest absolute Gasteiger partial charge is 0.0406 e. The fraction of sp³-hybridized carbons (Fsp3) is 0.400. The van der Waals surface area contributed by atoms with Crippen LogP contribution in [0, 0.1) is 0 Å². The number of halogens is 2. The lowest BCUT2D eigenvalue weighted by Gasteiger charge is -2.00. The molecule has 1 aromatic carbocycles. The van der Waals surface area contributed by atoms with Gasteiger partial charge in [-0.05, 0) is 47.3 Å². The molecule has 0 aliphatic rings. The molecule has 0 nitrogen and oxygen atoms in total. The number of unbranched alkanes of at least 4 members (excludes halogenated alkanes) is 1. The van der Waals surface area contributed by atoms with Gasteiger partial charge in [-0.2, -0.15) is 0 Å². The average molecular weight is 327 g/mol. The van der Waals surface area contributed by atoms with Crippen molar-refractivity contribution in [2.24, 2.45) is 0 Å². The molecule has 0 radical (unpaired) electrons. The maximum Gasteiger partial charge on any atom is 0.0406 e. The van der Waals surface area contributed by atoms with Crippen LogP contribution in [0.25, 0.3) is 0 Å². The molecule has 0 aromatic heterocycles. The van der Waals surface area contributed by atoms with E-state index in [4.69, 9.17) is 11.6 Å². The van der Waals surface area contributed by atoms with Crippen molar-refractivity contribution in [3.05, 3.63) is 29.3 Å². The lowest BCUT2D eigenvalue weighted by atomic mass is 10.4. The topological polar surface area (TPSA) is 0 Å². The molecule has 0 N–H and O–H groups in total. The molecule has 0 spiro atoms. The lowest BCUT2D eigenvalue weighted by molar-refractivity contribution is 0.918. The molecule has 13 heavy (non-hydrogen) atoms. The molecule has 1 aromatic rings. The minimum atomic E-state index is 0.816. The molecule has 0 saturated carbocycles. The second-order valence-electron chi connectivity index (χ2n) is 2.70. The Morgan fingerprint density at radius 2 is 1.85 bits per heavy atom. The van der Waals surface area contributed by atoms with Crippen LogP contribution in [0.1, 0.15) is 12.8 Å². The highest BCUT2D eigenvalue weighted by molar-refractivity contribution is 14.1. The molecule has 72 valence electrons. The Kier molecular flexibility index (Phi) is 6.24. The third-order valence-corrected chi connectivity index (χ3v) is 3.72. The van der Waals surface area contributed by atoms with Crippen molar-refractivity contribution in [1.29, 1.82) is 0 Å². The van der Waals surface area contributed by atoms with E-state index in [2.05, 4.69) is 34.7 Å². The summed E-state index contributed by atoms with van der Waals surface area (Å²) in [5, 5.41) is 0.816. The fourth-order valence-corrected chi connectivity index (χ4v) is 2.50. The predicted molar refractivity (Wildman–Crippen MR) is 70.3 cm³/mol. The third kappa shape index (κ3) is 5.13. The van der Waals surface area contributed by atoms with Crippen LogP contribution in [0.4, 0.5) is 0 Å². The van der Waals surface area contributed by atoms with Crippen LogP contribution in [0.3, 0.4) is 0 Å². The molecular formula is C10H12ClIS. The Balaban J connectivity index is 2.25. The van der Waals surface area contributed by atoms with Crippen molar-refractivity contribution in [1.82, 2.24) is 0 Å². The summed E-state index contributed by atoms with van der Waals surface area (Å²) in [6.07, 6.45) is 2.62. The summed E-state index contributed by atoms with van der Waals surface area (Å²) in [6.45, 7) is 0. The van der Waals surface area contributed by atoms with Gasteiger partial charge in [-0.15, -0.1) is 11.8 Å². The number of hydrogen-bond donors (Lipinski definition) is 0. The molecule has 0 amide bonds. The molecule has 0 unspecified atom stereocenters. The van der Waals surface area contributed by atoms with Gasteiger partial charge >= 0.3 is 0 Å². The minimum Gasteiger partial charge on any atom is -0.126 e. The first-order chi connectivity index (χ1) is 6.33. The molecule has 0 saturated heterocycles. The highest BCUT2D eigenvalue weighted by atomic mass is 127. The molecular weight excluding hydrogens is 315 g/mol. The molecule has 0 fully saturated rings. The third-order valence-electron chi connectivity index (χ3n) is 1.61. The molecule has 0 bridgehead atoms. The highest BCUT2D eigenvalue weighted by Gasteiger charge is 1.93. The Morgan fingerprint density at radius 1 is 1.15 bits per heavy atom. The zero-order chi connectivity index (χ0) is 9.52. The molecule has 3 heteroatoms. The van der Waals surface area contributed by atoms with Crippen LogP contribution in [0.15, 0.2) is 29.2 Å². The largest absolute Gasteiger partial charge is 0.126 e. The van der Waals surface area contributed by atoms with Crippen LogP contribution in [0.5, 0.6) is 0 Å². The first-order valence-corrected chi connectivity index (χ1v) is 7.16. The Bertz CT molecular complexity index is 235. The van der Waals surface area contributed by atoms with Crippen molar-refractivity contribution in [3.63, 3.8) is 0 Å². The van der Waals surface area contributed by atoms with Gasteiger partial charge in [-0.3, -0.25) is 0 Å². The van der Waals surface area contributed by atoms with Gasteiger partial charge in [-0.25, -0.2) is 0 Å². The van der Waals surface area contributed by atoms with Gasteiger partial charge in [0.15, 0.2) is 0 Å². The molecule has 0 aliphatic carbocycles. The van der Waals surface area contributed by atoms with Gasteiger partial charge in [0.25, 0.3) is 0 Å². The van der Waals surface area contributed by atoms with Gasteiger partial charge in [-0.1, -0.05) is 34.2 Å². The summed E-state index contributed by atoms with van der Waals surface area (Å²) in [7, 11) is 0. The average Bonchev–Trinajstić information content (AvgIpc) is 2.15.